The van der Waals surface area contributed by atoms with Gasteiger partial charge in [0.05, 0.1) is 17.7 Å². The van der Waals surface area contributed by atoms with Gasteiger partial charge in [-0.2, -0.15) is 0 Å². The Morgan fingerprint density at radius 1 is 1.47 bits per heavy atom. The number of aliphatic hydroxyl groups excluding tert-OH is 1. The van der Waals surface area contributed by atoms with E-state index in [4.69, 9.17) is 16.3 Å². The minimum absolute atomic E-state index is 0.512. The molecular weight excluding hydrogens is 264 g/mol. The minimum Gasteiger partial charge on any atom is -0.492 e. The van der Waals surface area contributed by atoms with Gasteiger partial charge in [0.25, 0.3) is 0 Å². The van der Waals surface area contributed by atoms with Gasteiger partial charge >= 0.3 is 0 Å². The van der Waals surface area contributed by atoms with E-state index in [0.29, 0.717) is 17.4 Å². The van der Waals surface area contributed by atoms with Gasteiger partial charge in [-0.1, -0.05) is 17.7 Å². The smallest absolute Gasteiger partial charge is 0.137 e. The van der Waals surface area contributed by atoms with Crippen LogP contribution in [-0.4, -0.2) is 21.3 Å². The summed E-state index contributed by atoms with van der Waals surface area (Å²) in [6.45, 7) is 2.21. The van der Waals surface area contributed by atoms with Crippen LogP contribution in [0.4, 0.5) is 0 Å². The highest BCUT2D eigenvalue weighted by Gasteiger charge is 2.07. The second kappa shape index (κ2) is 6.08. The van der Waals surface area contributed by atoms with Gasteiger partial charge in [-0.15, -0.1) is 0 Å². The summed E-state index contributed by atoms with van der Waals surface area (Å²) in [5.74, 6) is 1.59. The summed E-state index contributed by atoms with van der Waals surface area (Å²) in [4.78, 5) is 4.22. The van der Waals surface area contributed by atoms with E-state index in [1.807, 2.05) is 23.9 Å². The molecule has 0 amide bonds. The molecule has 0 spiro atoms. The third-order valence-electron chi connectivity index (χ3n) is 2.94. The first-order valence-electron chi connectivity index (χ1n) is 6.14. The van der Waals surface area contributed by atoms with E-state index in [9.17, 15) is 5.11 Å². The van der Waals surface area contributed by atoms with Gasteiger partial charge in [-0.05, 0) is 24.6 Å². The molecule has 0 fully saturated rings. The lowest BCUT2D eigenvalue weighted by Crippen LogP contribution is -2.06. The molecule has 5 heteroatoms. The summed E-state index contributed by atoms with van der Waals surface area (Å²) in [6, 6.07) is 5.32. The van der Waals surface area contributed by atoms with E-state index in [-0.39, 0.29) is 0 Å². The van der Waals surface area contributed by atoms with Gasteiger partial charge in [0.1, 0.15) is 11.6 Å². The van der Waals surface area contributed by atoms with Crippen molar-refractivity contribution in [3.8, 4) is 5.75 Å². The number of ether oxygens (including phenoxy) is 1. The molecule has 0 saturated carbocycles. The third kappa shape index (κ3) is 3.49. The van der Waals surface area contributed by atoms with E-state index >= 15 is 0 Å². The predicted molar refractivity (Wildman–Crippen MR) is 74.5 cm³/mol. The molecule has 4 nitrogen and oxygen atoms in total. The second-order valence-electron chi connectivity index (χ2n) is 4.42. The molecule has 1 atom stereocenters. The fraction of sp³-hybridized carbons (Fsp3) is 0.357. The summed E-state index contributed by atoms with van der Waals surface area (Å²) >= 11 is 6.11. The summed E-state index contributed by atoms with van der Waals surface area (Å²) in [6.07, 6.45) is 3.86. The zero-order chi connectivity index (χ0) is 13.8. The lowest BCUT2D eigenvalue weighted by molar-refractivity contribution is 0.199. The molecule has 0 aliphatic heterocycles. The Balaban J connectivity index is 1.95. The summed E-state index contributed by atoms with van der Waals surface area (Å²) in [7, 11) is 1.95. The number of aliphatic hydroxyl groups is 1. The standard InChI is InChI=1S/C14H17ClN2O2/c1-10(18)11-3-4-13(12(15)9-11)19-8-5-14-16-6-7-17(14)2/h3-4,6-7,9-10,18H,5,8H2,1-2H3. The molecule has 2 rings (SSSR count). The highest BCUT2D eigenvalue weighted by atomic mass is 35.5. The summed E-state index contributed by atoms with van der Waals surface area (Å²) in [5.41, 5.74) is 0.779. The van der Waals surface area contributed by atoms with Gasteiger partial charge in [-0.25, -0.2) is 4.98 Å². The summed E-state index contributed by atoms with van der Waals surface area (Å²) < 4.78 is 7.59. The van der Waals surface area contributed by atoms with Crippen molar-refractivity contribution in [3.05, 3.63) is 47.0 Å². The number of nitrogens with zero attached hydrogens (tertiary/aromatic N) is 2. The molecule has 0 aliphatic carbocycles. The Bertz CT molecular complexity index is 552. The fourth-order valence-electron chi connectivity index (χ4n) is 1.78. The van der Waals surface area contributed by atoms with Crippen LogP contribution in [0.3, 0.4) is 0 Å². The van der Waals surface area contributed by atoms with Crippen molar-refractivity contribution in [3.63, 3.8) is 0 Å². The van der Waals surface area contributed by atoms with Gasteiger partial charge in [0.2, 0.25) is 0 Å². The van der Waals surface area contributed by atoms with Crippen LogP contribution < -0.4 is 4.74 Å². The van der Waals surface area contributed by atoms with Crippen LogP contribution in [0.2, 0.25) is 5.02 Å². The van der Waals surface area contributed by atoms with E-state index in [2.05, 4.69) is 4.98 Å². The number of hydrogen-bond acceptors (Lipinski definition) is 3. The molecule has 0 radical (unpaired) electrons. The number of aromatic nitrogens is 2. The molecular formula is C14H17ClN2O2. The van der Waals surface area contributed by atoms with Crippen LogP contribution in [0, 0.1) is 0 Å². The first kappa shape index (κ1) is 13.9. The van der Waals surface area contributed by atoms with Gasteiger partial charge < -0.3 is 14.4 Å². The largest absolute Gasteiger partial charge is 0.492 e. The van der Waals surface area contributed by atoms with Crippen molar-refractivity contribution in [2.75, 3.05) is 6.61 Å². The highest BCUT2D eigenvalue weighted by molar-refractivity contribution is 6.32. The zero-order valence-corrected chi connectivity index (χ0v) is 11.8. The Kier molecular flexibility index (Phi) is 4.45. The van der Waals surface area contributed by atoms with Crippen molar-refractivity contribution in [1.82, 2.24) is 9.55 Å². The molecule has 2 aromatic rings. The molecule has 1 aromatic carbocycles. The van der Waals surface area contributed by atoms with Crippen molar-refractivity contribution < 1.29 is 9.84 Å². The molecule has 1 aromatic heterocycles. The number of hydrogen-bond donors (Lipinski definition) is 1. The highest BCUT2D eigenvalue weighted by Crippen LogP contribution is 2.27. The Labute approximate surface area is 117 Å². The Morgan fingerprint density at radius 2 is 2.26 bits per heavy atom. The Hall–Kier alpha value is -1.52. The average Bonchev–Trinajstić information content (AvgIpc) is 2.77. The number of aryl methyl sites for hydroxylation is 1. The first-order chi connectivity index (χ1) is 9.08. The predicted octanol–water partition coefficient (Wildman–Crippen LogP) is 2.75. The van der Waals surface area contributed by atoms with Crippen LogP contribution in [0.1, 0.15) is 24.4 Å². The van der Waals surface area contributed by atoms with Crippen LogP contribution in [0.5, 0.6) is 5.75 Å². The van der Waals surface area contributed by atoms with Crippen molar-refractivity contribution in [1.29, 1.82) is 0 Å². The maximum Gasteiger partial charge on any atom is 0.137 e. The SMILES string of the molecule is CC(O)c1ccc(OCCc2nccn2C)c(Cl)c1. The van der Waals surface area contributed by atoms with Crippen molar-refractivity contribution in [2.45, 2.75) is 19.4 Å². The molecule has 0 bridgehead atoms. The second-order valence-corrected chi connectivity index (χ2v) is 4.83. The van der Waals surface area contributed by atoms with Gasteiger partial charge in [0.15, 0.2) is 0 Å². The first-order valence-corrected chi connectivity index (χ1v) is 6.52. The van der Waals surface area contributed by atoms with E-state index in [1.165, 1.54) is 0 Å². The van der Waals surface area contributed by atoms with Crippen LogP contribution in [0.15, 0.2) is 30.6 Å². The minimum atomic E-state index is -0.529. The third-order valence-corrected chi connectivity index (χ3v) is 3.24. The monoisotopic (exact) mass is 280 g/mol. The quantitative estimate of drug-likeness (QED) is 0.916. The normalized spacial score (nSPS) is 12.4. The molecule has 0 aliphatic rings. The van der Waals surface area contributed by atoms with E-state index < -0.39 is 6.10 Å². The van der Waals surface area contributed by atoms with Crippen molar-refractivity contribution in [2.24, 2.45) is 7.05 Å². The Morgan fingerprint density at radius 3 is 2.84 bits per heavy atom. The average molecular weight is 281 g/mol. The number of halogens is 1. The van der Waals surface area contributed by atoms with Crippen molar-refractivity contribution >= 4 is 11.6 Å². The lowest BCUT2D eigenvalue weighted by atomic mass is 10.1. The summed E-state index contributed by atoms with van der Waals surface area (Å²) in [5, 5.41) is 9.97. The molecule has 1 heterocycles. The number of imidazole rings is 1. The van der Waals surface area contributed by atoms with Crippen LogP contribution in [-0.2, 0) is 13.5 Å². The molecule has 19 heavy (non-hydrogen) atoms. The number of benzene rings is 1. The van der Waals surface area contributed by atoms with E-state index in [1.54, 1.807) is 25.3 Å². The van der Waals surface area contributed by atoms with Crippen LogP contribution in [0.25, 0.3) is 0 Å². The van der Waals surface area contributed by atoms with Gasteiger partial charge in [0, 0.05) is 25.9 Å². The van der Waals surface area contributed by atoms with E-state index in [0.717, 1.165) is 17.8 Å². The molecule has 1 N–H and O–H groups in total. The molecule has 1 unspecified atom stereocenters. The number of rotatable bonds is 5. The lowest BCUT2D eigenvalue weighted by Gasteiger charge is -2.10. The molecule has 102 valence electrons. The van der Waals surface area contributed by atoms with Crippen LogP contribution >= 0.6 is 11.6 Å². The zero-order valence-electron chi connectivity index (χ0n) is 11.0. The molecule has 0 saturated heterocycles. The fourth-order valence-corrected chi connectivity index (χ4v) is 2.03. The topological polar surface area (TPSA) is 47.3 Å². The maximum atomic E-state index is 9.46. The maximum absolute atomic E-state index is 9.46. The van der Waals surface area contributed by atoms with Gasteiger partial charge in [-0.3, -0.25) is 0 Å².